The fourth-order valence-corrected chi connectivity index (χ4v) is 4.57. The summed E-state index contributed by atoms with van der Waals surface area (Å²) in [5, 5.41) is 6.83. The number of benzene rings is 1. The van der Waals surface area contributed by atoms with Crippen LogP contribution in [0.5, 0.6) is 0 Å². The number of nitrogens with zero attached hydrogens (tertiary/aromatic N) is 7. The van der Waals surface area contributed by atoms with Gasteiger partial charge < -0.3 is 14.7 Å². The van der Waals surface area contributed by atoms with E-state index in [-0.39, 0.29) is 0 Å². The van der Waals surface area contributed by atoms with Gasteiger partial charge in [0, 0.05) is 24.8 Å². The Labute approximate surface area is 202 Å². The van der Waals surface area contributed by atoms with Gasteiger partial charge in [-0.2, -0.15) is 9.83 Å². The minimum Gasteiger partial charge on any atom is -0.412 e. The number of nitrogens with one attached hydrogen (secondary N) is 2. The molecule has 1 aliphatic rings. The van der Waals surface area contributed by atoms with Crippen LogP contribution in [0.4, 0.5) is 5.82 Å². The molecule has 0 radical (unpaired) electrons. The molecular formula is C25H27N9O. The molecule has 1 fully saturated rings. The highest BCUT2D eigenvalue weighted by atomic mass is 16.7. The Morgan fingerprint density at radius 3 is 2.63 bits per heavy atom. The van der Waals surface area contributed by atoms with Crippen molar-refractivity contribution in [2.45, 2.75) is 26.7 Å². The van der Waals surface area contributed by atoms with Gasteiger partial charge in [0.1, 0.15) is 18.8 Å². The van der Waals surface area contributed by atoms with Gasteiger partial charge in [0.25, 0.3) is 0 Å². The number of hydrogen-bond donors (Lipinski definition) is 2. The summed E-state index contributed by atoms with van der Waals surface area (Å²) in [4.78, 5) is 30.3. The predicted octanol–water partition coefficient (Wildman–Crippen LogP) is 3.57. The number of imidazole rings is 2. The van der Waals surface area contributed by atoms with E-state index in [2.05, 4.69) is 49.1 Å². The highest BCUT2D eigenvalue weighted by Gasteiger charge is 2.25. The molecule has 5 heterocycles. The van der Waals surface area contributed by atoms with Crippen molar-refractivity contribution in [3.05, 3.63) is 60.4 Å². The van der Waals surface area contributed by atoms with Gasteiger partial charge in [0.05, 0.1) is 23.1 Å². The zero-order valence-corrected chi connectivity index (χ0v) is 19.8. The Morgan fingerprint density at radius 1 is 1.03 bits per heavy atom. The second-order valence-corrected chi connectivity index (χ2v) is 8.96. The van der Waals surface area contributed by atoms with Crippen molar-refractivity contribution in [3.8, 4) is 22.8 Å². The number of aromatic amines is 2. The molecule has 178 valence electrons. The first kappa shape index (κ1) is 21.3. The fourth-order valence-electron chi connectivity index (χ4n) is 4.57. The van der Waals surface area contributed by atoms with Crippen LogP contribution >= 0.6 is 0 Å². The van der Waals surface area contributed by atoms with E-state index in [9.17, 15) is 0 Å². The largest absolute Gasteiger partial charge is 0.412 e. The van der Waals surface area contributed by atoms with Gasteiger partial charge in [-0.15, -0.1) is 0 Å². The number of piperidine rings is 1. The molecule has 2 N–H and O–H groups in total. The molecule has 0 amide bonds. The topological polar surface area (TPSA) is 113 Å². The molecule has 5 aromatic rings. The Balaban J connectivity index is 1.14. The lowest BCUT2D eigenvalue weighted by Gasteiger charge is -2.32. The van der Waals surface area contributed by atoms with E-state index in [0.29, 0.717) is 12.5 Å². The van der Waals surface area contributed by atoms with E-state index < -0.39 is 0 Å². The third-order valence-electron chi connectivity index (χ3n) is 6.71. The molecule has 4 aromatic heterocycles. The van der Waals surface area contributed by atoms with Crippen LogP contribution in [0.3, 0.4) is 0 Å². The lowest BCUT2D eigenvalue weighted by molar-refractivity contribution is 0.0716. The van der Waals surface area contributed by atoms with Crippen molar-refractivity contribution >= 4 is 17.0 Å². The molecule has 6 rings (SSSR count). The summed E-state index contributed by atoms with van der Waals surface area (Å²) in [5.74, 6) is 2.91. The van der Waals surface area contributed by atoms with Crippen LogP contribution in [-0.4, -0.2) is 59.5 Å². The van der Waals surface area contributed by atoms with Crippen LogP contribution in [0, 0.1) is 19.8 Å². The maximum absolute atomic E-state index is 6.32. The van der Waals surface area contributed by atoms with E-state index in [1.54, 1.807) is 12.5 Å². The number of H-pyrrole nitrogens is 2. The minimum atomic E-state index is 0.454. The summed E-state index contributed by atoms with van der Waals surface area (Å²) in [6.45, 7) is 6.51. The summed E-state index contributed by atoms with van der Waals surface area (Å²) >= 11 is 0. The summed E-state index contributed by atoms with van der Waals surface area (Å²) in [7, 11) is 0. The summed E-state index contributed by atoms with van der Waals surface area (Å²) in [5.41, 5.74) is 5.49. The quantitative estimate of drug-likeness (QED) is 0.391. The highest BCUT2D eigenvalue weighted by molar-refractivity contribution is 5.85. The number of aromatic nitrogens is 8. The van der Waals surface area contributed by atoms with Crippen molar-refractivity contribution in [2.75, 3.05) is 24.6 Å². The molecule has 0 atom stereocenters. The third-order valence-corrected chi connectivity index (χ3v) is 6.71. The van der Waals surface area contributed by atoms with Crippen molar-refractivity contribution in [3.63, 3.8) is 0 Å². The van der Waals surface area contributed by atoms with Crippen LogP contribution in [0.25, 0.3) is 33.9 Å². The average molecular weight is 470 g/mol. The van der Waals surface area contributed by atoms with Gasteiger partial charge in [-0.3, -0.25) is 5.10 Å². The maximum atomic E-state index is 6.32. The molecule has 1 aliphatic heterocycles. The number of rotatable bonds is 6. The summed E-state index contributed by atoms with van der Waals surface area (Å²) in [6.07, 6.45) is 7.17. The van der Waals surface area contributed by atoms with E-state index in [1.807, 2.05) is 36.1 Å². The Bertz CT molecular complexity index is 1430. The van der Waals surface area contributed by atoms with Crippen LogP contribution in [-0.2, 0) is 0 Å². The molecule has 1 aromatic carbocycles. The van der Waals surface area contributed by atoms with Crippen molar-refractivity contribution in [1.82, 2.24) is 39.8 Å². The van der Waals surface area contributed by atoms with Gasteiger partial charge >= 0.3 is 0 Å². The monoisotopic (exact) mass is 469 g/mol. The second-order valence-electron chi connectivity index (χ2n) is 8.96. The lowest BCUT2D eigenvalue weighted by Crippen LogP contribution is -2.37. The lowest BCUT2D eigenvalue weighted by atomic mass is 9.98. The number of aryl methyl sites for hydroxylation is 1. The number of anilines is 1. The molecule has 0 spiro atoms. The van der Waals surface area contributed by atoms with E-state index >= 15 is 0 Å². The fraction of sp³-hybridized carbons (Fsp3) is 0.320. The molecule has 0 aliphatic carbocycles. The van der Waals surface area contributed by atoms with Gasteiger partial charge in [0.2, 0.25) is 0 Å². The Morgan fingerprint density at radius 2 is 1.86 bits per heavy atom. The summed E-state index contributed by atoms with van der Waals surface area (Å²) in [6, 6.07) is 10.2. The first-order valence-corrected chi connectivity index (χ1v) is 11.9. The smallest absolute Gasteiger partial charge is 0.176 e. The van der Waals surface area contributed by atoms with E-state index in [0.717, 1.165) is 77.1 Å². The molecule has 10 nitrogen and oxygen atoms in total. The highest BCUT2D eigenvalue weighted by Crippen LogP contribution is 2.28. The standard InChI is InChI=1S/C25H27N9O/c1-16-17(2)34(24(30-16)19-6-4-3-5-7-19)35-14-18-8-10-33(11-9-18)25-21-23(26-15-27-25)32-22(31-21)20-12-28-29-13-20/h3-7,12-13,15,18H,8-11,14H2,1-2H3,(H,28,29)(H,26,27,31,32). The Kier molecular flexibility index (Phi) is 5.40. The van der Waals surface area contributed by atoms with Crippen LogP contribution in [0.2, 0.25) is 0 Å². The van der Waals surface area contributed by atoms with Crippen LogP contribution in [0.1, 0.15) is 24.2 Å². The van der Waals surface area contributed by atoms with E-state index in [1.165, 1.54) is 0 Å². The molecule has 0 bridgehead atoms. The van der Waals surface area contributed by atoms with Gasteiger partial charge in [-0.25, -0.2) is 19.9 Å². The zero-order chi connectivity index (χ0) is 23.8. The number of fused-ring (bicyclic) bond motifs is 1. The SMILES string of the molecule is Cc1nc(-c2ccccc2)n(OCC2CCN(c3ncnc4[nH]c(-c5cn[nH]c5)nc34)CC2)c1C. The molecule has 0 unspecified atom stereocenters. The number of hydrogen-bond acceptors (Lipinski definition) is 7. The molecule has 1 saturated heterocycles. The zero-order valence-electron chi connectivity index (χ0n) is 19.8. The van der Waals surface area contributed by atoms with Gasteiger partial charge in [0.15, 0.2) is 22.8 Å². The van der Waals surface area contributed by atoms with Gasteiger partial charge in [-0.1, -0.05) is 30.3 Å². The predicted molar refractivity (Wildman–Crippen MR) is 133 cm³/mol. The molecule has 35 heavy (non-hydrogen) atoms. The third kappa shape index (κ3) is 4.01. The minimum absolute atomic E-state index is 0.454. The van der Waals surface area contributed by atoms with Crippen molar-refractivity contribution in [1.29, 1.82) is 0 Å². The van der Waals surface area contributed by atoms with Gasteiger partial charge in [-0.05, 0) is 32.6 Å². The van der Waals surface area contributed by atoms with Crippen LogP contribution < -0.4 is 9.74 Å². The summed E-state index contributed by atoms with van der Waals surface area (Å²) < 4.78 is 1.89. The normalized spacial score (nSPS) is 14.6. The molecule has 0 saturated carbocycles. The van der Waals surface area contributed by atoms with Crippen LogP contribution in [0.15, 0.2) is 49.1 Å². The van der Waals surface area contributed by atoms with Crippen molar-refractivity contribution < 1.29 is 4.84 Å². The van der Waals surface area contributed by atoms with E-state index in [4.69, 9.17) is 14.8 Å². The van der Waals surface area contributed by atoms with Crippen molar-refractivity contribution in [2.24, 2.45) is 5.92 Å². The molecular weight excluding hydrogens is 442 g/mol. The first-order chi connectivity index (χ1) is 17.2. The average Bonchev–Trinajstić information content (AvgIpc) is 3.63. The maximum Gasteiger partial charge on any atom is 0.176 e. The first-order valence-electron chi connectivity index (χ1n) is 11.9. The second kappa shape index (κ2) is 8.86. The Hall–Kier alpha value is -4.21. The molecule has 10 heteroatoms.